The van der Waals surface area contributed by atoms with Gasteiger partial charge in [-0.05, 0) is 80.6 Å². The zero-order valence-corrected chi connectivity index (χ0v) is 22.9. The Bertz CT molecular complexity index is 1520. The third kappa shape index (κ3) is 5.35. The fourth-order valence-corrected chi connectivity index (χ4v) is 6.81. The Morgan fingerprint density at radius 1 is 1.19 bits per heavy atom. The van der Waals surface area contributed by atoms with Gasteiger partial charge in [0.05, 0.1) is 35.6 Å². The van der Waals surface area contributed by atoms with Crippen molar-refractivity contribution in [3.05, 3.63) is 68.3 Å². The number of aryl methyl sites for hydroxylation is 2. The highest BCUT2D eigenvalue weighted by atomic mass is 35.5. The van der Waals surface area contributed by atoms with E-state index in [-0.39, 0.29) is 17.2 Å². The molecule has 0 spiro atoms. The van der Waals surface area contributed by atoms with Gasteiger partial charge in [-0.1, -0.05) is 23.4 Å². The number of halogens is 1. The van der Waals surface area contributed by atoms with E-state index in [1.54, 1.807) is 34.1 Å². The lowest BCUT2D eigenvalue weighted by atomic mass is 9.97. The van der Waals surface area contributed by atoms with Crippen LogP contribution < -0.4 is 20.3 Å². The number of benzene rings is 2. The zero-order chi connectivity index (χ0) is 25.9. The third-order valence-corrected chi connectivity index (χ3v) is 8.55. The van der Waals surface area contributed by atoms with Gasteiger partial charge in [0, 0.05) is 10.6 Å². The lowest BCUT2D eigenvalue weighted by Crippen LogP contribution is -2.23. The Balaban J connectivity index is 1.48. The molecular formula is C27H26ClN3O4S2. The van der Waals surface area contributed by atoms with Crippen LogP contribution in [0.3, 0.4) is 0 Å². The highest BCUT2D eigenvalue weighted by Gasteiger charge is 2.23. The minimum absolute atomic E-state index is 0.0731. The van der Waals surface area contributed by atoms with Crippen molar-refractivity contribution in [3.63, 3.8) is 0 Å². The van der Waals surface area contributed by atoms with E-state index in [0.29, 0.717) is 39.3 Å². The van der Waals surface area contributed by atoms with Crippen molar-refractivity contribution < 1.29 is 14.3 Å². The van der Waals surface area contributed by atoms with Crippen LogP contribution in [-0.2, 0) is 17.6 Å². The summed E-state index contributed by atoms with van der Waals surface area (Å²) in [5, 5.41) is 4.44. The number of methoxy groups -OCH3 is 1. The van der Waals surface area contributed by atoms with E-state index in [2.05, 4.69) is 5.32 Å². The third-order valence-electron chi connectivity index (χ3n) is 6.13. The molecule has 0 saturated heterocycles. The molecule has 1 aliphatic carbocycles. The van der Waals surface area contributed by atoms with Crippen molar-refractivity contribution >= 4 is 56.5 Å². The number of carbonyl (C=O) groups excluding carboxylic acids is 1. The molecular weight excluding hydrogens is 530 g/mol. The first-order chi connectivity index (χ1) is 18.0. The number of hydrogen-bond acceptors (Lipinski definition) is 7. The molecule has 0 bridgehead atoms. The fourth-order valence-electron chi connectivity index (χ4n) is 4.44. The number of aromatic nitrogens is 2. The predicted octanol–water partition coefficient (Wildman–Crippen LogP) is 6.12. The normalized spacial score (nSPS) is 12.8. The summed E-state index contributed by atoms with van der Waals surface area (Å²) in [6.45, 7) is 2.49. The molecule has 7 nitrogen and oxygen atoms in total. The van der Waals surface area contributed by atoms with Crippen molar-refractivity contribution in [2.75, 3.05) is 24.8 Å². The number of thiophene rings is 1. The molecule has 10 heteroatoms. The predicted molar refractivity (Wildman–Crippen MR) is 150 cm³/mol. The van der Waals surface area contributed by atoms with E-state index >= 15 is 0 Å². The molecule has 192 valence electrons. The second-order valence-corrected chi connectivity index (χ2v) is 11.0. The van der Waals surface area contributed by atoms with Crippen LogP contribution in [0.15, 0.2) is 52.4 Å². The van der Waals surface area contributed by atoms with Crippen LogP contribution in [0.25, 0.3) is 15.9 Å². The van der Waals surface area contributed by atoms with Crippen molar-refractivity contribution in [3.8, 4) is 17.2 Å². The Morgan fingerprint density at radius 3 is 2.70 bits per heavy atom. The monoisotopic (exact) mass is 555 g/mol. The summed E-state index contributed by atoms with van der Waals surface area (Å²) in [4.78, 5) is 33.6. The topological polar surface area (TPSA) is 82.4 Å². The van der Waals surface area contributed by atoms with E-state index in [0.717, 1.165) is 41.8 Å². The van der Waals surface area contributed by atoms with Crippen LogP contribution in [0.2, 0.25) is 5.02 Å². The number of fused-ring (bicyclic) bond motifs is 3. The number of ether oxygens (including phenoxy) is 2. The summed E-state index contributed by atoms with van der Waals surface area (Å²) < 4.78 is 12.4. The lowest BCUT2D eigenvalue weighted by molar-refractivity contribution is -0.113. The second-order valence-electron chi connectivity index (χ2n) is 8.54. The maximum absolute atomic E-state index is 13.9. The molecule has 1 amide bonds. The number of hydrogen-bond donors (Lipinski definition) is 1. The molecule has 2 heterocycles. The average molecular weight is 556 g/mol. The van der Waals surface area contributed by atoms with Crippen molar-refractivity contribution in [2.45, 2.75) is 37.8 Å². The van der Waals surface area contributed by atoms with Gasteiger partial charge in [0.1, 0.15) is 16.3 Å². The Morgan fingerprint density at radius 2 is 1.97 bits per heavy atom. The number of rotatable bonds is 8. The molecule has 0 atom stereocenters. The Hall–Kier alpha value is -3.01. The van der Waals surface area contributed by atoms with Gasteiger partial charge in [-0.2, -0.15) is 0 Å². The average Bonchev–Trinajstić information content (AvgIpc) is 3.27. The molecule has 0 radical (unpaired) electrons. The molecule has 5 rings (SSSR count). The minimum atomic E-state index is -0.232. The summed E-state index contributed by atoms with van der Waals surface area (Å²) in [7, 11) is 1.54. The van der Waals surface area contributed by atoms with E-state index in [1.807, 2.05) is 31.2 Å². The van der Waals surface area contributed by atoms with Gasteiger partial charge < -0.3 is 14.8 Å². The molecule has 0 saturated carbocycles. The highest BCUT2D eigenvalue weighted by molar-refractivity contribution is 7.99. The SMILES string of the molecule is CCOc1ccc(-n2c(SCC(=O)Nc3ccc(OC)c(Cl)c3)nc3sc4c(c3c2=O)CCCC4)cc1. The maximum atomic E-state index is 13.9. The zero-order valence-electron chi connectivity index (χ0n) is 20.5. The van der Waals surface area contributed by atoms with Gasteiger partial charge in [-0.15, -0.1) is 11.3 Å². The molecule has 1 N–H and O–H groups in total. The second kappa shape index (κ2) is 11.2. The highest BCUT2D eigenvalue weighted by Crippen LogP contribution is 2.35. The van der Waals surface area contributed by atoms with Crippen molar-refractivity contribution in [2.24, 2.45) is 0 Å². The summed E-state index contributed by atoms with van der Waals surface area (Å²) in [6.07, 6.45) is 4.08. The number of anilines is 1. The first-order valence-electron chi connectivity index (χ1n) is 12.0. The fraction of sp³-hybridized carbons (Fsp3) is 0.296. The quantitative estimate of drug-likeness (QED) is 0.208. The first-order valence-corrected chi connectivity index (χ1v) is 14.2. The van der Waals surface area contributed by atoms with Gasteiger partial charge in [-0.25, -0.2) is 4.98 Å². The number of nitrogens with zero attached hydrogens (tertiary/aromatic N) is 2. The Labute approximate surface area is 227 Å². The van der Waals surface area contributed by atoms with Crippen molar-refractivity contribution in [1.82, 2.24) is 9.55 Å². The van der Waals surface area contributed by atoms with E-state index in [4.69, 9.17) is 26.1 Å². The van der Waals surface area contributed by atoms with Crippen LogP contribution in [0.4, 0.5) is 5.69 Å². The van der Waals surface area contributed by atoms with Gasteiger partial charge in [0.15, 0.2) is 5.16 Å². The summed E-state index contributed by atoms with van der Waals surface area (Å²) >= 11 is 9.01. The van der Waals surface area contributed by atoms with Crippen LogP contribution in [0.1, 0.15) is 30.2 Å². The summed E-state index contributed by atoms with van der Waals surface area (Å²) in [5.74, 6) is 1.10. The first kappa shape index (κ1) is 25.6. The number of carbonyl (C=O) groups is 1. The van der Waals surface area contributed by atoms with Gasteiger partial charge in [0.25, 0.3) is 5.56 Å². The van der Waals surface area contributed by atoms with Crippen LogP contribution in [0.5, 0.6) is 11.5 Å². The largest absolute Gasteiger partial charge is 0.495 e. The molecule has 0 aliphatic heterocycles. The Kier molecular flexibility index (Phi) is 7.73. The molecule has 1 aliphatic rings. The molecule has 4 aromatic rings. The molecule has 0 unspecified atom stereocenters. The van der Waals surface area contributed by atoms with E-state index in [1.165, 1.54) is 23.7 Å². The smallest absolute Gasteiger partial charge is 0.267 e. The lowest BCUT2D eigenvalue weighted by Gasteiger charge is -2.14. The van der Waals surface area contributed by atoms with Crippen LogP contribution in [0, 0.1) is 0 Å². The molecule has 2 aromatic heterocycles. The van der Waals surface area contributed by atoms with Gasteiger partial charge in [0.2, 0.25) is 5.91 Å². The maximum Gasteiger partial charge on any atom is 0.267 e. The van der Waals surface area contributed by atoms with Gasteiger partial charge in [-0.3, -0.25) is 14.2 Å². The van der Waals surface area contributed by atoms with E-state index in [9.17, 15) is 9.59 Å². The molecule has 0 fully saturated rings. The van der Waals surface area contributed by atoms with Crippen LogP contribution in [-0.4, -0.2) is 34.9 Å². The van der Waals surface area contributed by atoms with E-state index < -0.39 is 0 Å². The van der Waals surface area contributed by atoms with Crippen molar-refractivity contribution in [1.29, 1.82) is 0 Å². The summed E-state index contributed by atoms with van der Waals surface area (Å²) in [5.41, 5.74) is 2.28. The molecule has 37 heavy (non-hydrogen) atoms. The standard InChI is InChI=1S/C27H26ClN3O4S2/c1-3-35-18-11-9-17(10-12-18)31-26(33)24-19-6-4-5-7-22(19)37-25(24)30-27(31)36-15-23(32)29-16-8-13-21(34-2)20(28)14-16/h8-14H,3-7,15H2,1-2H3,(H,29,32). The number of amides is 1. The summed E-state index contributed by atoms with van der Waals surface area (Å²) in [6, 6.07) is 12.4. The molecule has 2 aromatic carbocycles. The number of thioether (sulfide) groups is 1. The minimum Gasteiger partial charge on any atom is -0.495 e. The van der Waals surface area contributed by atoms with Crippen LogP contribution >= 0.6 is 34.7 Å². The van der Waals surface area contributed by atoms with Gasteiger partial charge >= 0.3 is 0 Å². The number of nitrogens with one attached hydrogen (secondary N) is 1.